The number of carbonyl (C=O) groups is 1. The third-order valence-corrected chi connectivity index (χ3v) is 4.56. The summed E-state index contributed by atoms with van der Waals surface area (Å²) in [7, 11) is 1.60. The van der Waals surface area contributed by atoms with Crippen LogP contribution >= 0.6 is 11.5 Å². The van der Waals surface area contributed by atoms with Gasteiger partial charge in [-0.05, 0) is 29.8 Å². The standard InChI is InChI=1S/C12H20N4OS/c1-7-4-3-5-8(7)6-15-12-9(11(17)14-2)10(13)16-18-12/h7-8,15H,3-6H2,1-2H3,(H2,13,16)(H,14,17). The number of carbonyl (C=O) groups excluding carboxylic acids is 1. The summed E-state index contributed by atoms with van der Waals surface area (Å²) in [6.07, 6.45) is 3.87. The lowest BCUT2D eigenvalue weighted by Gasteiger charge is -2.16. The van der Waals surface area contributed by atoms with E-state index in [2.05, 4.69) is 21.9 Å². The predicted molar refractivity (Wildman–Crippen MR) is 74.9 cm³/mol. The first-order valence-electron chi connectivity index (χ1n) is 6.34. The molecule has 2 rings (SSSR count). The molecule has 1 heterocycles. The van der Waals surface area contributed by atoms with E-state index in [1.54, 1.807) is 7.05 Å². The van der Waals surface area contributed by atoms with Crippen molar-refractivity contribution in [2.24, 2.45) is 11.8 Å². The summed E-state index contributed by atoms with van der Waals surface area (Å²) in [4.78, 5) is 11.7. The Kier molecular flexibility index (Phi) is 4.06. The number of hydrogen-bond donors (Lipinski definition) is 3. The van der Waals surface area contributed by atoms with Gasteiger partial charge in [0.25, 0.3) is 5.91 Å². The van der Waals surface area contributed by atoms with E-state index in [1.807, 2.05) is 0 Å². The molecule has 5 nitrogen and oxygen atoms in total. The van der Waals surface area contributed by atoms with Crippen molar-refractivity contribution in [2.75, 3.05) is 24.6 Å². The average molecular weight is 268 g/mol. The normalized spacial score (nSPS) is 23.0. The van der Waals surface area contributed by atoms with Crippen LogP contribution in [0.1, 0.15) is 36.5 Å². The fourth-order valence-corrected chi connectivity index (χ4v) is 3.23. The molecule has 1 saturated carbocycles. The van der Waals surface area contributed by atoms with Crippen molar-refractivity contribution in [3.63, 3.8) is 0 Å². The SMILES string of the molecule is CNC(=O)c1c(N)nsc1NCC1CCCC1C. The van der Waals surface area contributed by atoms with E-state index in [4.69, 9.17) is 5.73 Å². The molecule has 0 aliphatic heterocycles. The zero-order chi connectivity index (χ0) is 13.1. The molecule has 18 heavy (non-hydrogen) atoms. The predicted octanol–water partition coefficient (Wildman–Crippen LogP) is 1.93. The van der Waals surface area contributed by atoms with Crippen LogP contribution in [0.2, 0.25) is 0 Å². The topological polar surface area (TPSA) is 80.0 Å². The molecule has 1 aromatic heterocycles. The van der Waals surface area contributed by atoms with Gasteiger partial charge in [-0.3, -0.25) is 4.79 Å². The molecule has 0 spiro atoms. The van der Waals surface area contributed by atoms with E-state index in [0.29, 0.717) is 17.3 Å². The lowest BCUT2D eigenvalue weighted by Crippen LogP contribution is -2.21. The molecule has 0 bridgehead atoms. The number of nitrogen functional groups attached to an aromatic ring is 1. The zero-order valence-electron chi connectivity index (χ0n) is 10.8. The average Bonchev–Trinajstić information content (AvgIpc) is 2.92. The quantitative estimate of drug-likeness (QED) is 0.779. The highest BCUT2D eigenvalue weighted by Crippen LogP contribution is 2.33. The molecule has 100 valence electrons. The third kappa shape index (κ3) is 2.58. The van der Waals surface area contributed by atoms with Crippen LogP contribution in [0.5, 0.6) is 0 Å². The van der Waals surface area contributed by atoms with Crippen LogP contribution in [0, 0.1) is 11.8 Å². The van der Waals surface area contributed by atoms with Gasteiger partial charge in [-0.2, -0.15) is 4.37 Å². The molecule has 1 amide bonds. The van der Waals surface area contributed by atoms with Gasteiger partial charge in [0, 0.05) is 13.6 Å². The molecule has 2 unspecified atom stereocenters. The largest absolute Gasteiger partial charge is 0.382 e. The maximum Gasteiger partial charge on any atom is 0.257 e. The van der Waals surface area contributed by atoms with Gasteiger partial charge in [0.1, 0.15) is 10.6 Å². The first-order valence-corrected chi connectivity index (χ1v) is 7.12. The summed E-state index contributed by atoms with van der Waals surface area (Å²) in [6.45, 7) is 3.19. The fourth-order valence-electron chi connectivity index (χ4n) is 2.52. The third-order valence-electron chi connectivity index (χ3n) is 3.74. The van der Waals surface area contributed by atoms with Gasteiger partial charge in [-0.1, -0.05) is 19.8 Å². The Labute approximate surface area is 111 Å². The lowest BCUT2D eigenvalue weighted by molar-refractivity contribution is 0.0965. The fraction of sp³-hybridized carbons (Fsp3) is 0.667. The van der Waals surface area contributed by atoms with Crippen molar-refractivity contribution in [1.82, 2.24) is 9.69 Å². The highest BCUT2D eigenvalue weighted by Gasteiger charge is 2.24. The summed E-state index contributed by atoms with van der Waals surface area (Å²) >= 11 is 1.26. The van der Waals surface area contributed by atoms with Gasteiger partial charge in [-0.25, -0.2) is 0 Å². The number of amides is 1. The van der Waals surface area contributed by atoms with E-state index in [-0.39, 0.29) is 5.91 Å². The zero-order valence-corrected chi connectivity index (χ0v) is 11.6. The number of rotatable bonds is 4. The Hall–Kier alpha value is -1.30. The Bertz CT molecular complexity index is 432. The molecular formula is C12H20N4OS. The van der Waals surface area contributed by atoms with Gasteiger partial charge in [0.2, 0.25) is 0 Å². The number of aromatic nitrogens is 1. The lowest BCUT2D eigenvalue weighted by atomic mass is 9.98. The molecule has 1 aliphatic carbocycles. The summed E-state index contributed by atoms with van der Waals surface area (Å²) < 4.78 is 4.05. The van der Waals surface area contributed by atoms with Gasteiger partial charge < -0.3 is 16.4 Å². The molecule has 0 saturated heterocycles. The minimum Gasteiger partial charge on any atom is -0.382 e. The number of hydrogen-bond acceptors (Lipinski definition) is 5. The monoisotopic (exact) mass is 268 g/mol. The molecule has 1 aromatic rings. The van der Waals surface area contributed by atoms with Gasteiger partial charge in [0.15, 0.2) is 5.82 Å². The second kappa shape index (κ2) is 5.56. The molecule has 0 aromatic carbocycles. The molecule has 6 heteroatoms. The van der Waals surface area contributed by atoms with Crippen molar-refractivity contribution in [3.05, 3.63) is 5.56 Å². The van der Waals surface area contributed by atoms with Gasteiger partial charge in [0.05, 0.1) is 0 Å². The second-order valence-corrected chi connectivity index (χ2v) is 5.67. The first-order chi connectivity index (χ1) is 8.63. The van der Waals surface area contributed by atoms with Crippen LogP contribution in [-0.4, -0.2) is 23.9 Å². The number of nitrogens with two attached hydrogens (primary N) is 1. The Morgan fingerprint density at radius 3 is 2.94 bits per heavy atom. The highest BCUT2D eigenvalue weighted by atomic mass is 32.1. The first kappa shape index (κ1) is 13.1. The van der Waals surface area contributed by atoms with Crippen molar-refractivity contribution < 1.29 is 4.79 Å². The van der Waals surface area contributed by atoms with Crippen LogP contribution < -0.4 is 16.4 Å². The molecule has 1 aliphatic rings. The van der Waals surface area contributed by atoms with Crippen LogP contribution in [0.4, 0.5) is 10.8 Å². The van der Waals surface area contributed by atoms with E-state index < -0.39 is 0 Å². The maximum atomic E-state index is 11.7. The van der Waals surface area contributed by atoms with Crippen molar-refractivity contribution >= 4 is 28.3 Å². The van der Waals surface area contributed by atoms with E-state index in [1.165, 1.54) is 30.8 Å². The summed E-state index contributed by atoms with van der Waals surface area (Å²) in [5.74, 6) is 1.57. The van der Waals surface area contributed by atoms with Crippen molar-refractivity contribution in [1.29, 1.82) is 0 Å². The molecule has 0 radical (unpaired) electrons. The van der Waals surface area contributed by atoms with Crippen LogP contribution in [0.25, 0.3) is 0 Å². The Morgan fingerprint density at radius 2 is 2.33 bits per heavy atom. The van der Waals surface area contributed by atoms with E-state index in [9.17, 15) is 4.79 Å². The van der Waals surface area contributed by atoms with Gasteiger partial charge >= 0.3 is 0 Å². The number of nitrogens with one attached hydrogen (secondary N) is 2. The van der Waals surface area contributed by atoms with Crippen LogP contribution in [0.15, 0.2) is 0 Å². The van der Waals surface area contributed by atoms with Crippen LogP contribution in [0.3, 0.4) is 0 Å². The smallest absolute Gasteiger partial charge is 0.257 e. The maximum absolute atomic E-state index is 11.7. The Morgan fingerprint density at radius 1 is 1.56 bits per heavy atom. The molecule has 2 atom stereocenters. The van der Waals surface area contributed by atoms with Gasteiger partial charge in [-0.15, -0.1) is 0 Å². The summed E-state index contributed by atoms with van der Waals surface area (Å²) in [6, 6.07) is 0. The summed E-state index contributed by atoms with van der Waals surface area (Å²) in [5.41, 5.74) is 6.21. The van der Waals surface area contributed by atoms with E-state index >= 15 is 0 Å². The molecule has 1 fully saturated rings. The molecule has 4 N–H and O–H groups in total. The minimum absolute atomic E-state index is 0.178. The number of anilines is 2. The minimum atomic E-state index is -0.178. The highest BCUT2D eigenvalue weighted by molar-refractivity contribution is 7.11. The van der Waals surface area contributed by atoms with Crippen molar-refractivity contribution in [2.45, 2.75) is 26.2 Å². The summed E-state index contributed by atoms with van der Waals surface area (Å²) in [5, 5.41) is 6.71. The van der Waals surface area contributed by atoms with E-state index in [0.717, 1.165) is 17.5 Å². The van der Waals surface area contributed by atoms with Crippen LogP contribution in [-0.2, 0) is 0 Å². The molecular weight excluding hydrogens is 248 g/mol. The number of nitrogens with zero attached hydrogens (tertiary/aromatic N) is 1. The second-order valence-electron chi connectivity index (χ2n) is 4.90. The van der Waals surface area contributed by atoms with Crippen molar-refractivity contribution in [3.8, 4) is 0 Å². The Balaban J connectivity index is 2.03.